The molecule has 0 aromatic heterocycles. The number of carbonyl (C=O) groups is 1. The van der Waals surface area contributed by atoms with Crippen molar-refractivity contribution in [3.8, 4) is 5.75 Å². The average Bonchev–Trinajstić information content (AvgIpc) is 2.35. The molecule has 0 aliphatic heterocycles. The number of nitrogens with zero attached hydrogens (tertiary/aromatic N) is 1. The van der Waals surface area contributed by atoms with Gasteiger partial charge in [0.2, 0.25) is 0 Å². The minimum atomic E-state index is -4.25. The number of carbonyl (C=O) groups excluding carboxylic acids is 1. The average molecular weight is 328 g/mol. The second-order valence-corrected chi connectivity index (χ2v) is 6.42. The standard InChI is InChI=1S/C11H12ClF2NO4S/c1-3-15(2)10(16)6-19-11-8(13)4-7(5-9(11)14)20(12,17)18/h4-5H,3,6H2,1-2H3. The maximum atomic E-state index is 13.6. The molecule has 0 heterocycles. The van der Waals surface area contributed by atoms with E-state index in [0.29, 0.717) is 18.7 Å². The molecule has 1 rings (SSSR count). The van der Waals surface area contributed by atoms with Crippen molar-refractivity contribution in [2.45, 2.75) is 11.8 Å². The van der Waals surface area contributed by atoms with Gasteiger partial charge in [-0.2, -0.15) is 0 Å². The van der Waals surface area contributed by atoms with Gasteiger partial charge in [-0.15, -0.1) is 0 Å². The van der Waals surface area contributed by atoms with Gasteiger partial charge in [0.05, 0.1) is 4.90 Å². The van der Waals surface area contributed by atoms with Crippen LogP contribution in [-0.2, 0) is 13.8 Å². The van der Waals surface area contributed by atoms with Crippen LogP contribution in [0, 0.1) is 11.6 Å². The molecule has 0 radical (unpaired) electrons. The fourth-order valence-electron chi connectivity index (χ4n) is 1.24. The molecule has 1 aromatic carbocycles. The molecule has 1 aromatic rings. The lowest BCUT2D eigenvalue weighted by Gasteiger charge is -2.15. The lowest BCUT2D eigenvalue weighted by molar-refractivity contribution is -0.131. The monoisotopic (exact) mass is 327 g/mol. The number of amides is 1. The summed E-state index contributed by atoms with van der Waals surface area (Å²) in [5, 5.41) is 0. The highest BCUT2D eigenvalue weighted by atomic mass is 35.7. The summed E-state index contributed by atoms with van der Waals surface area (Å²) in [6.07, 6.45) is 0. The minimum absolute atomic E-state index is 0.413. The Labute approximate surface area is 119 Å². The topological polar surface area (TPSA) is 63.7 Å². The third kappa shape index (κ3) is 4.04. The number of benzene rings is 1. The fraction of sp³-hybridized carbons (Fsp3) is 0.364. The molecule has 5 nitrogen and oxygen atoms in total. The van der Waals surface area contributed by atoms with Crippen LogP contribution in [0.5, 0.6) is 5.75 Å². The minimum Gasteiger partial charge on any atom is -0.478 e. The number of rotatable bonds is 5. The second kappa shape index (κ2) is 6.36. The van der Waals surface area contributed by atoms with Crippen LogP contribution < -0.4 is 4.74 Å². The van der Waals surface area contributed by atoms with Gasteiger partial charge < -0.3 is 9.64 Å². The molecule has 112 valence electrons. The first-order chi connectivity index (χ1) is 9.16. The molecule has 0 saturated heterocycles. The van der Waals surface area contributed by atoms with Gasteiger partial charge in [-0.05, 0) is 19.1 Å². The fourth-order valence-corrected chi connectivity index (χ4v) is 1.99. The van der Waals surface area contributed by atoms with E-state index in [-0.39, 0.29) is 0 Å². The van der Waals surface area contributed by atoms with Crippen LogP contribution >= 0.6 is 10.7 Å². The third-order valence-corrected chi connectivity index (χ3v) is 3.83. The summed E-state index contributed by atoms with van der Waals surface area (Å²) in [6, 6.07) is 1.05. The van der Waals surface area contributed by atoms with Crippen molar-refractivity contribution in [3.05, 3.63) is 23.8 Å². The molecule has 0 spiro atoms. The zero-order valence-corrected chi connectivity index (χ0v) is 12.3. The van der Waals surface area contributed by atoms with Crippen molar-refractivity contribution in [3.63, 3.8) is 0 Å². The molecular formula is C11H12ClF2NO4S. The van der Waals surface area contributed by atoms with E-state index in [1.807, 2.05) is 0 Å². The Bertz CT molecular complexity index is 598. The zero-order valence-electron chi connectivity index (χ0n) is 10.7. The van der Waals surface area contributed by atoms with Crippen LogP contribution in [0.15, 0.2) is 17.0 Å². The van der Waals surface area contributed by atoms with Crippen LogP contribution in [0.3, 0.4) is 0 Å². The van der Waals surface area contributed by atoms with Gasteiger partial charge in [-0.3, -0.25) is 4.79 Å². The number of likely N-dealkylation sites (N-methyl/N-ethyl adjacent to an activating group) is 1. The first-order valence-electron chi connectivity index (χ1n) is 5.47. The van der Waals surface area contributed by atoms with Crippen LogP contribution in [0.4, 0.5) is 8.78 Å². The SMILES string of the molecule is CCN(C)C(=O)COc1c(F)cc(S(=O)(=O)Cl)cc1F. The summed E-state index contributed by atoms with van der Waals surface area (Å²) in [5.41, 5.74) is 0. The van der Waals surface area contributed by atoms with Crippen molar-refractivity contribution >= 4 is 25.6 Å². The Morgan fingerprint density at radius 3 is 2.25 bits per heavy atom. The summed E-state index contributed by atoms with van der Waals surface area (Å²) in [6.45, 7) is 1.57. The molecule has 1 amide bonds. The maximum Gasteiger partial charge on any atom is 0.261 e. The largest absolute Gasteiger partial charge is 0.478 e. The molecule has 0 fully saturated rings. The third-order valence-electron chi connectivity index (χ3n) is 2.49. The van der Waals surface area contributed by atoms with Crippen LogP contribution in [0.2, 0.25) is 0 Å². The Morgan fingerprint density at radius 2 is 1.85 bits per heavy atom. The van der Waals surface area contributed by atoms with Crippen molar-refractivity contribution in [1.29, 1.82) is 0 Å². The lowest BCUT2D eigenvalue weighted by atomic mass is 10.3. The van der Waals surface area contributed by atoms with E-state index < -0.39 is 43.8 Å². The second-order valence-electron chi connectivity index (χ2n) is 3.85. The Kier molecular flexibility index (Phi) is 5.29. The van der Waals surface area contributed by atoms with Crippen LogP contribution in [0.1, 0.15) is 6.92 Å². The summed E-state index contributed by atoms with van der Waals surface area (Å²) < 4.78 is 53.8. The van der Waals surface area contributed by atoms with Gasteiger partial charge in [0.1, 0.15) is 0 Å². The quantitative estimate of drug-likeness (QED) is 0.773. The highest BCUT2D eigenvalue weighted by molar-refractivity contribution is 8.13. The molecule has 0 aliphatic rings. The maximum absolute atomic E-state index is 13.6. The first kappa shape index (κ1) is 16.6. The lowest BCUT2D eigenvalue weighted by Crippen LogP contribution is -2.31. The summed E-state index contributed by atoms with van der Waals surface area (Å²) in [5.74, 6) is -3.81. The van der Waals surface area contributed by atoms with E-state index in [0.717, 1.165) is 0 Å². The first-order valence-corrected chi connectivity index (χ1v) is 7.78. The van der Waals surface area contributed by atoms with E-state index in [1.165, 1.54) is 11.9 Å². The van der Waals surface area contributed by atoms with Crippen molar-refractivity contribution in [2.24, 2.45) is 0 Å². The predicted molar refractivity (Wildman–Crippen MR) is 68.2 cm³/mol. The number of halogens is 3. The van der Waals surface area contributed by atoms with E-state index >= 15 is 0 Å². The highest BCUT2D eigenvalue weighted by Gasteiger charge is 2.20. The summed E-state index contributed by atoms with van der Waals surface area (Å²) >= 11 is 0. The van der Waals surface area contributed by atoms with Crippen LogP contribution in [0.25, 0.3) is 0 Å². The van der Waals surface area contributed by atoms with E-state index in [9.17, 15) is 22.0 Å². The zero-order chi connectivity index (χ0) is 15.5. The Hall–Kier alpha value is -1.41. The van der Waals surface area contributed by atoms with E-state index in [1.54, 1.807) is 6.92 Å². The molecule has 0 atom stereocenters. The number of hydrogen-bond acceptors (Lipinski definition) is 4. The summed E-state index contributed by atoms with van der Waals surface area (Å²) in [7, 11) is 2.23. The number of ether oxygens (including phenoxy) is 1. The molecule has 0 unspecified atom stereocenters. The van der Waals surface area contributed by atoms with Gasteiger partial charge >= 0.3 is 0 Å². The van der Waals surface area contributed by atoms with Gasteiger partial charge in [0, 0.05) is 24.3 Å². The van der Waals surface area contributed by atoms with Crippen molar-refractivity contribution < 1.29 is 26.7 Å². The Morgan fingerprint density at radius 1 is 1.35 bits per heavy atom. The molecule has 0 aliphatic carbocycles. The summed E-state index contributed by atoms with van der Waals surface area (Å²) in [4.78, 5) is 12.0. The highest BCUT2D eigenvalue weighted by Crippen LogP contribution is 2.27. The molecule has 0 bridgehead atoms. The van der Waals surface area contributed by atoms with Gasteiger partial charge in [-0.1, -0.05) is 0 Å². The van der Waals surface area contributed by atoms with E-state index in [2.05, 4.69) is 0 Å². The molecular weight excluding hydrogens is 316 g/mol. The van der Waals surface area contributed by atoms with Crippen LogP contribution in [-0.4, -0.2) is 39.4 Å². The molecule has 9 heteroatoms. The molecule has 20 heavy (non-hydrogen) atoms. The predicted octanol–water partition coefficient (Wildman–Crippen LogP) is 1.75. The Balaban J connectivity index is 2.96. The normalized spacial score (nSPS) is 11.2. The van der Waals surface area contributed by atoms with E-state index in [4.69, 9.17) is 15.4 Å². The number of hydrogen-bond donors (Lipinski definition) is 0. The smallest absolute Gasteiger partial charge is 0.261 e. The molecule has 0 saturated carbocycles. The van der Waals surface area contributed by atoms with Gasteiger partial charge in [-0.25, -0.2) is 17.2 Å². The van der Waals surface area contributed by atoms with Crippen molar-refractivity contribution in [1.82, 2.24) is 4.90 Å². The molecule has 0 N–H and O–H groups in total. The van der Waals surface area contributed by atoms with Gasteiger partial charge in [0.25, 0.3) is 15.0 Å². The van der Waals surface area contributed by atoms with Gasteiger partial charge in [0.15, 0.2) is 24.0 Å². The van der Waals surface area contributed by atoms with Crippen molar-refractivity contribution in [2.75, 3.05) is 20.2 Å².